The Hall–Kier alpha value is -1.26. The fourth-order valence-corrected chi connectivity index (χ4v) is 3.85. The molecular weight excluding hydrogens is 246 g/mol. The maximum atomic E-state index is 5.88. The number of nitrogens with two attached hydrogens (primary N) is 1. The van der Waals surface area contributed by atoms with Crippen molar-refractivity contribution >= 4 is 21.4 Å². The molecule has 2 aliphatic rings. The number of benzene rings is 1. The average molecular weight is 261 g/mol. The molecule has 1 fully saturated rings. The van der Waals surface area contributed by atoms with Gasteiger partial charge in [-0.15, -0.1) is 11.3 Å². The highest BCUT2D eigenvalue weighted by molar-refractivity contribution is 7.19. The quantitative estimate of drug-likeness (QED) is 0.903. The highest BCUT2D eigenvalue weighted by atomic mass is 32.1. The summed E-state index contributed by atoms with van der Waals surface area (Å²) in [4.78, 5) is 1.33. The van der Waals surface area contributed by atoms with E-state index in [1.807, 2.05) is 0 Å². The molecule has 0 atom stereocenters. The predicted molar refractivity (Wildman–Crippen MR) is 72.7 cm³/mol. The zero-order chi connectivity index (χ0) is 12.1. The van der Waals surface area contributed by atoms with Crippen LogP contribution in [0.3, 0.4) is 0 Å². The normalized spacial score (nSPS) is 18.3. The average Bonchev–Trinajstić information content (AvgIpc) is 3.17. The second kappa shape index (κ2) is 3.87. The topological polar surface area (TPSA) is 44.5 Å². The van der Waals surface area contributed by atoms with Crippen LogP contribution in [0, 0.1) is 0 Å². The largest absolute Gasteiger partial charge is 0.486 e. The Morgan fingerprint density at radius 1 is 1.17 bits per heavy atom. The van der Waals surface area contributed by atoms with Crippen molar-refractivity contribution in [3.05, 3.63) is 22.6 Å². The third kappa shape index (κ3) is 1.52. The number of hydrogen-bond acceptors (Lipinski definition) is 4. The first-order chi connectivity index (χ1) is 8.86. The molecule has 0 saturated heterocycles. The first-order valence-corrected chi connectivity index (χ1v) is 7.23. The Balaban J connectivity index is 1.96. The highest BCUT2D eigenvalue weighted by Crippen LogP contribution is 2.50. The molecule has 0 radical (unpaired) electrons. The minimum atomic E-state index is 0.636. The minimum absolute atomic E-state index is 0.636. The molecular formula is C14H15NO2S. The lowest BCUT2D eigenvalue weighted by molar-refractivity contribution is 0.172. The van der Waals surface area contributed by atoms with E-state index in [4.69, 9.17) is 15.2 Å². The molecule has 0 amide bonds. The molecule has 4 rings (SSSR count). The number of thiophene rings is 1. The van der Waals surface area contributed by atoms with Gasteiger partial charge < -0.3 is 15.2 Å². The molecule has 4 heteroatoms. The van der Waals surface area contributed by atoms with Crippen LogP contribution in [0.25, 0.3) is 10.1 Å². The Bertz CT molecular complexity index is 616. The molecule has 18 heavy (non-hydrogen) atoms. The van der Waals surface area contributed by atoms with Crippen LogP contribution in [-0.2, 0) is 6.54 Å². The van der Waals surface area contributed by atoms with Crippen LogP contribution in [-0.4, -0.2) is 13.2 Å². The number of hydrogen-bond donors (Lipinski definition) is 1. The minimum Gasteiger partial charge on any atom is -0.486 e. The van der Waals surface area contributed by atoms with E-state index in [2.05, 4.69) is 12.1 Å². The number of fused-ring (bicyclic) bond motifs is 2. The standard InChI is InChI=1S/C14H15NO2S/c15-7-13-14(8-1-2-8)9-5-10-11(6-12(9)18-13)17-4-3-16-10/h5-6,8H,1-4,7,15H2. The first-order valence-electron chi connectivity index (χ1n) is 6.42. The molecule has 94 valence electrons. The molecule has 1 aliphatic carbocycles. The molecule has 2 N–H and O–H groups in total. The molecule has 1 aromatic heterocycles. The monoisotopic (exact) mass is 261 g/mol. The summed E-state index contributed by atoms with van der Waals surface area (Å²) >= 11 is 1.80. The second-order valence-corrected chi connectivity index (χ2v) is 6.05. The van der Waals surface area contributed by atoms with Gasteiger partial charge in [0, 0.05) is 27.6 Å². The first kappa shape index (κ1) is 10.6. The highest BCUT2D eigenvalue weighted by Gasteiger charge is 2.30. The molecule has 0 unspecified atom stereocenters. The van der Waals surface area contributed by atoms with Gasteiger partial charge in [-0.1, -0.05) is 0 Å². The van der Waals surface area contributed by atoms with E-state index in [9.17, 15) is 0 Å². The molecule has 3 nitrogen and oxygen atoms in total. The SMILES string of the molecule is NCc1sc2cc3c(cc2c1C1CC1)OCCO3. The summed E-state index contributed by atoms with van der Waals surface area (Å²) in [6.07, 6.45) is 2.60. The molecule has 1 saturated carbocycles. The third-order valence-electron chi connectivity index (χ3n) is 3.64. The van der Waals surface area contributed by atoms with Crippen molar-refractivity contribution in [1.82, 2.24) is 0 Å². The summed E-state index contributed by atoms with van der Waals surface area (Å²) in [6.45, 7) is 1.92. The zero-order valence-corrected chi connectivity index (χ0v) is 10.9. The Kier molecular flexibility index (Phi) is 2.29. The van der Waals surface area contributed by atoms with Gasteiger partial charge in [0.25, 0.3) is 0 Å². The van der Waals surface area contributed by atoms with E-state index in [1.54, 1.807) is 11.3 Å². The van der Waals surface area contributed by atoms with E-state index >= 15 is 0 Å². The van der Waals surface area contributed by atoms with Gasteiger partial charge in [0.05, 0.1) is 0 Å². The van der Waals surface area contributed by atoms with Crippen LogP contribution in [0.15, 0.2) is 12.1 Å². The van der Waals surface area contributed by atoms with Crippen molar-refractivity contribution < 1.29 is 9.47 Å². The molecule has 1 aliphatic heterocycles. The van der Waals surface area contributed by atoms with Crippen molar-refractivity contribution in [1.29, 1.82) is 0 Å². The van der Waals surface area contributed by atoms with Crippen LogP contribution in [0.5, 0.6) is 11.5 Å². The summed E-state index contributed by atoms with van der Waals surface area (Å²) in [6, 6.07) is 4.26. The molecule has 2 aromatic rings. The molecule has 1 aromatic carbocycles. The van der Waals surface area contributed by atoms with Gasteiger partial charge in [-0.05, 0) is 30.4 Å². The van der Waals surface area contributed by atoms with E-state index in [-0.39, 0.29) is 0 Å². The summed E-state index contributed by atoms with van der Waals surface area (Å²) in [5.74, 6) is 2.48. The fraction of sp³-hybridized carbons (Fsp3) is 0.429. The smallest absolute Gasteiger partial charge is 0.162 e. The summed E-state index contributed by atoms with van der Waals surface area (Å²) < 4.78 is 12.6. The van der Waals surface area contributed by atoms with E-state index in [1.165, 1.54) is 33.4 Å². The van der Waals surface area contributed by atoms with E-state index in [0.717, 1.165) is 17.4 Å². The zero-order valence-electron chi connectivity index (χ0n) is 10.1. The summed E-state index contributed by atoms with van der Waals surface area (Å²) in [5.41, 5.74) is 7.35. The van der Waals surface area contributed by atoms with Gasteiger partial charge in [-0.3, -0.25) is 0 Å². The van der Waals surface area contributed by atoms with Crippen LogP contribution < -0.4 is 15.2 Å². The van der Waals surface area contributed by atoms with Gasteiger partial charge in [0.2, 0.25) is 0 Å². The van der Waals surface area contributed by atoms with Crippen LogP contribution in [0.1, 0.15) is 29.2 Å². The van der Waals surface area contributed by atoms with Gasteiger partial charge in [-0.25, -0.2) is 0 Å². The fourth-order valence-electron chi connectivity index (χ4n) is 2.67. The summed E-state index contributed by atoms with van der Waals surface area (Å²) in [7, 11) is 0. The van der Waals surface area contributed by atoms with Crippen molar-refractivity contribution in [2.75, 3.05) is 13.2 Å². The van der Waals surface area contributed by atoms with E-state index in [0.29, 0.717) is 19.8 Å². The Labute approximate surface area is 109 Å². The number of ether oxygens (including phenoxy) is 2. The lowest BCUT2D eigenvalue weighted by Crippen LogP contribution is -2.15. The lowest BCUT2D eigenvalue weighted by atomic mass is 10.1. The van der Waals surface area contributed by atoms with Crippen LogP contribution in [0.4, 0.5) is 0 Å². The lowest BCUT2D eigenvalue weighted by Gasteiger charge is -2.18. The summed E-state index contributed by atoms with van der Waals surface area (Å²) in [5, 5.41) is 1.33. The predicted octanol–water partition coefficient (Wildman–Crippen LogP) is 3.01. The van der Waals surface area contributed by atoms with Crippen molar-refractivity contribution in [2.45, 2.75) is 25.3 Å². The van der Waals surface area contributed by atoms with Crippen molar-refractivity contribution in [3.63, 3.8) is 0 Å². The second-order valence-electron chi connectivity index (χ2n) is 4.91. The Morgan fingerprint density at radius 3 is 2.56 bits per heavy atom. The maximum absolute atomic E-state index is 5.88. The van der Waals surface area contributed by atoms with Gasteiger partial charge in [0.1, 0.15) is 13.2 Å². The molecule has 0 bridgehead atoms. The van der Waals surface area contributed by atoms with Crippen LogP contribution >= 0.6 is 11.3 Å². The number of rotatable bonds is 2. The van der Waals surface area contributed by atoms with Crippen molar-refractivity contribution in [2.24, 2.45) is 5.73 Å². The van der Waals surface area contributed by atoms with Crippen molar-refractivity contribution in [3.8, 4) is 11.5 Å². The Morgan fingerprint density at radius 2 is 1.89 bits per heavy atom. The van der Waals surface area contributed by atoms with Crippen LogP contribution in [0.2, 0.25) is 0 Å². The van der Waals surface area contributed by atoms with Gasteiger partial charge in [0.15, 0.2) is 11.5 Å². The molecule has 2 heterocycles. The van der Waals surface area contributed by atoms with Gasteiger partial charge in [-0.2, -0.15) is 0 Å². The van der Waals surface area contributed by atoms with Gasteiger partial charge >= 0.3 is 0 Å². The molecule has 0 spiro atoms. The van der Waals surface area contributed by atoms with E-state index < -0.39 is 0 Å². The maximum Gasteiger partial charge on any atom is 0.162 e. The third-order valence-corrected chi connectivity index (χ3v) is 4.83.